The van der Waals surface area contributed by atoms with Gasteiger partial charge in [0.2, 0.25) is 5.91 Å². The van der Waals surface area contributed by atoms with Crippen LogP contribution in [0.15, 0.2) is 12.1 Å². The highest BCUT2D eigenvalue weighted by Crippen LogP contribution is 2.36. The number of carbonyl (C=O) groups is 1. The molecule has 1 aromatic rings. The number of hydrogen-bond acceptors (Lipinski definition) is 4. The van der Waals surface area contributed by atoms with Crippen molar-refractivity contribution in [3.63, 3.8) is 0 Å². The lowest BCUT2D eigenvalue weighted by Gasteiger charge is -2.32. The highest BCUT2D eigenvalue weighted by atomic mass is 16.7. The Morgan fingerprint density at radius 2 is 1.75 bits per heavy atom. The highest BCUT2D eigenvalue weighted by Gasteiger charge is 2.52. The van der Waals surface area contributed by atoms with Crippen molar-refractivity contribution in [2.24, 2.45) is 0 Å². The van der Waals surface area contributed by atoms with Gasteiger partial charge >= 0.3 is 7.12 Å². The zero-order valence-electron chi connectivity index (χ0n) is 12.9. The molecule has 108 valence electrons. The molecule has 0 aliphatic carbocycles. The van der Waals surface area contributed by atoms with Gasteiger partial charge in [0.05, 0.1) is 11.2 Å². The van der Waals surface area contributed by atoms with Gasteiger partial charge in [0.15, 0.2) is 0 Å². The van der Waals surface area contributed by atoms with Crippen LogP contribution in [0, 0.1) is 6.92 Å². The molecule has 1 aliphatic rings. The molecule has 0 aromatic carbocycles. The van der Waals surface area contributed by atoms with Gasteiger partial charge in [0.1, 0.15) is 5.82 Å². The summed E-state index contributed by atoms with van der Waals surface area (Å²) in [5, 5.41) is 2.66. The third kappa shape index (κ3) is 2.71. The Balaban J connectivity index is 2.25. The van der Waals surface area contributed by atoms with Crippen LogP contribution in [0.2, 0.25) is 0 Å². The van der Waals surface area contributed by atoms with E-state index >= 15 is 0 Å². The number of amides is 1. The maximum atomic E-state index is 11.0. The van der Waals surface area contributed by atoms with Crippen molar-refractivity contribution in [2.45, 2.75) is 52.7 Å². The maximum Gasteiger partial charge on any atom is 0.496 e. The molecule has 20 heavy (non-hydrogen) atoms. The fourth-order valence-corrected chi connectivity index (χ4v) is 2.04. The van der Waals surface area contributed by atoms with Crippen LogP contribution in [0.5, 0.6) is 0 Å². The molecule has 1 fully saturated rings. The average molecular weight is 276 g/mol. The molecular formula is C14H21BN2O3. The van der Waals surface area contributed by atoms with Crippen molar-refractivity contribution in [3.8, 4) is 0 Å². The molecule has 1 amide bonds. The number of anilines is 1. The molecule has 2 rings (SSSR count). The van der Waals surface area contributed by atoms with Crippen molar-refractivity contribution in [1.29, 1.82) is 0 Å². The van der Waals surface area contributed by atoms with Crippen LogP contribution < -0.4 is 10.8 Å². The van der Waals surface area contributed by atoms with Crippen LogP contribution >= 0.6 is 0 Å². The highest BCUT2D eigenvalue weighted by molar-refractivity contribution is 6.62. The Hall–Kier alpha value is -1.40. The molecule has 1 aromatic heterocycles. The van der Waals surface area contributed by atoms with E-state index in [0.717, 1.165) is 11.2 Å². The first-order valence-corrected chi connectivity index (χ1v) is 6.73. The smallest absolute Gasteiger partial charge is 0.399 e. The van der Waals surface area contributed by atoms with E-state index < -0.39 is 7.12 Å². The minimum Gasteiger partial charge on any atom is -0.399 e. The Bertz CT molecular complexity index is 527. The Morgan fingerprint density at radius 3 is 2.20 bits per heavy atom. The van der Waals surface area contributed by atoms with Crippen molar-refractivity contribution < 1.29 is 14.1 Å². The minimum atomic E-state index is -0.432. The molecule has 0 radical (unpaired) electrons. The molecule has 2 heterocycles. The second kappa shape index (κ2) is 4.86. The van der Waals surface area contributed by atoms with Crippen LogP contribution in [0.1, 0.15) is 40.3 Å². The van der Waals surface area contributed by atoms with E-state index in [2.05, 4.69) is 10.3 Å². The number of nitrogens with one attached hydrogen (secondary N) is 1. The zero-order valence-corrected chi connectivity index (χ0v) is 12.9. The summed E-state index contributed by atoms with van der Waals surface area (Å²) >= 11 is 0. The second-order valence-electron chi connectivity index (χ2n) is 6.14. The lowest BCUT2D eigenvalue weighted by atomic mass is 9.78. The zero-order chi connectivity index (χ0) is 15.1. The van der Waals surface area contributed by atoms with Gasteiger partial charge in [0.25, 0.3) is 0 Å². The molecule has 0 bridgehead atoms. The van der Waals surface area contributed by atoms with E-state index in [1.54, 1.807) is 6.07 Å². The van der Waals surface area contributed by atoms with E-state index in [1.807, 2.05) is 40.7 Å². The molecular weight excluding hydrogens is 255 g/mol. The maximum absolute atomic E-state index is 11.0. The number of hydrogen-bond donors (Lipinski definition) is 1. The van der Waals surface area contributed by atoms with Gasteiger partial charge in [-0.25, -0.2) is 4.98 Å². The first-order valence-electron chi connectivity index (χ1n) is 6.73. The summed E-state index contributed by atoms with van der Waals surface area (Å²) in [6.07, 6.45) is 0. The molecule has 5 nitrogen and oxygen atoms in total. The van der Waals surface area contributed by atoms with Crippen LogP contribution in [-0.4, -0.2) is 29.2 Å². The topological polar surface area (TPSA) is 60.5 Å². The number of aryl methyl sites for hydroxylation is 1. The van der Waals surface area contributed by atoms with E-state index in [9.17, 15) is 4.79 Å². The SMILES string of the molecule is CC(=O)Nc1ccc(B2OC(C)(C)C(C)(C)O2)c(C)n1. The largest absolute Gasteiger partial charge is 0.496 e. The van der Waals surface area contributed by atoms with Crippen molar-refractivity contribution in [2.75, 3.05) is 5.32 Å². The van der Waals surface area contributed by atoms with E-state index in [4.69, 9.17) is 9.31 Å². The Labute approximate surface area is 120 Å². The lowest BCUT2D eigenvalue weighted by molar-refractivity contribution is -0.114. The van der Waals surface area contributed by atoms with Crippen LogP contribution in [0.25, 0.3) is 0 Å². The summed E-state index contributed by atoms with van der Waals surface area (Å²) in [5.74, 6) is 0.399. The number of rotatable bonds is 2. The molecule has 0 spiro atoms. The predicted octanol–water partition coefficient (Wildman–Crippen LogP) is 1.65. The molecule has 0 unspecified atom stereocenters. The first kappa shape index (κ1) is 15.0. The van der Waals surface area contributed by atoms with Gasteiger partial charge in [-0.15, -0.1) is 0 Å². The number of aromatic nitrogens is 1. The quantitative estimate of drug-likeness (QED) is 0.834. The molecule has 0 saturated carbocycles. The average Bonchev–Trinajstić information content (AvgIpc) is 2.46. The van der Waals surface area contributed by atoms with Gasteiger partial charge < -0.3 is 14.6 Å². The summed E-state index contributed by atoms with van der Waals surface area (Å²) in [6, 6.07) is 3.64. The fraction of sp³-hybridized carbons (Fsp3) is 0.571. The lowest BCUT2D eigenvalue weighted by Crippen LogP contribution is -2.41. The van der Waals surface area contributed by atoms with E-state index in [-0.39, 0.29) is 17.1 Å². The van der Waals surface area contributed by atoms with E-state index in [1.165, 1.54) is 6.92 Å². The molecule has 0 atom stereocenters. The van der Waals surface area contributed by atoms with Gasteiger partial charge in [0, 0.05) is 18.1 Å². The monoisotopic (exact) mass is 276 g/mol. The van der Waals surface area contributed by atoms with E-state index in [0.29, 0.717) is 5.82 Å². The standard InChI is InChI=1S/C14H21BN2O3/c1-9-11(7-8-12(16-9)17-10(2)18)15-19-13(3,4)14(5,6)20-15/h7-8H,1-6H3,(H,16,17,18). The Kier molecular flexibility index (Phi) is 3.65. The third-order valence-corrected chi connectivity index (χ3v) is 3.94. The van der Waals surface area contributed by atoms with Gasteiger partial charge in [-0.2, -0.15) is 0 Å². The van der Waals surface area contributed by atoms with Crippen molar-refractivity contribution >= 4 is 24.3 Å². The summed E-state index contributed by atoms with van der Waals surface area (Å²) in [5.41, 5.74) is 0.924. The molecule has 1 saturated heterocycles. The molecule has 1 aliphatic heterocycles. The fourth-order valence-electron chi connectivity index (χ4n) is 2.04. The summed E-state index contributed by atoms with van der Waals surface area (Å²) in [4.78, 5) is 15.4. The van der Waals surface area contributed by atoms with Gasteiger partial charge in [-0.3, -0.25) is 4.79 Å². The first-order chi connectivity index (χ1) is 9.12. The third-order valence-electron chi connectivity index (χ3n) is 3.94. The normalized spacial score (nSPS) is 20.0. The minimum absolute atomic E-state index is 0.139. The van der Waals surface area contributed by atoms with Crippen LogP contribution in [0.4, 0.5) is 5.82 Å². The summed E-state index contributed by atoms with van der Waals surface area (Å²) in [6.45, 7) is 11.4. The van der Waals surface area contributed by atoms with Crippen LogP contribution in [-0.2, 0) is 14.1 Å². The van der Waals surface area contributed by atoms with Crippen molar-refractivity contribution in [3.05, 3.63) is 17.8 Å². The summed E-state index contributed by atoms with van der Waals surface area (Å²) < 4.78 is 12.0. The van der Waals surface area contributed by atoms with Crippen LogP contribution in [0.3, 0.4) is 0 Å². The number of nitrogens with zero attached hydrogens (tertiary/aromatic N) is 1. The van der Waals surface area contributed by atoms with Crippen molar-refractivity contribution in [1.82, 2.24) is 4.98 Å². The predicted molar refractivity (Wildman–Crippen MR) is 79.0 cm³/mol. The number of carbonyl (C=O) groups excluding carboxylic acids is 1. The number of pyridine rings is 1. The van der Waals surface area contributed by atoms with Gasteiger partial charge in [-0.05, 0) is 40.7 Å². The molecule has 6 heteroatoms. The summed E-state index contributed by atoms with van der Waals surface area (Å²) in [7, 11) is -0.432. The van der Waals surface area contributed by atoms with Gasteiger partial charge in [-0.1, -0.05) is 6.07 Å². The molecule has 1 N–H and O–H groups in total. The second-order valence-corrected chi connectivity index (χ2v) is 6.14. The Morgan fingerprint density at radius 1 is 1.20 bits per heavy atom.